The molecule has 1 saturated heterocycles. The maximum atomic E-state index is 12.6. The molecule has 0 unspecified atom stereocenters. The molecule has 0 bridgehead atoms. The predicted octanol–water partition coefficient (Wildman–Crippen LogP) is 2.53. The summed E-state index contributed by atoms with van der Waals surface area (Å²) in [6, 6.07) is 6.24. The predicted molar refractivity (Wildman–Crippen MR) is 96.2 cm³/mol. The van der Waals surface area contributed by atoms with Gasteiger partial charge < -0.3 is 9.72 Å². The molecule has 0 spiro atoms. The van der Waals surface area contributed by atoms with Crippen molar-refractivity contribution in [2.75, 3.05) is 13.2 Å². The van der Waals surface area contributed by atoms with E-state index in [1.165, 1.54) is 0 Å². The van der Waals surface area contributed by atoms with Gasteiger partial charge in [0.25, 0.3) is 5.56 Å². The lowest BCUT2D eigenvalue weighted by Crippen LogP contribution is -2.27. The molecule has 3 aromatic heterocycles. The minimum absolute atomic E-state index is 0.102. The van der Waals surface area contributed by atoms with Gasteiger partial charge in [-0.05, 0) is 37.8 Å². The molecule has 4 heterocycles. The van der Waals surface area contributed by atoms with Gasteiger partial charge in [-0.3, -0.25) is 9.78 Å². The molecule has 134 valence electrons. The van der Waals surface area contributed by atoms with Gasteiger partial charge in [-0.25, -0.2) is 9.67 Å². The molecule has 5 rings (SSSR count). The Morgan fingerprint density at radius 1 is 1.12 bits per heavy atom. The van der Waals surface area contributed by atoms with E-state index < -0.39 is 0 Å². The molecule has 1 N–H and O–H groups in total. The summed E-state index contributed by atoms with van der Waals surface area (Å²) in [5, 5.41) is 5.03. The van der Waals surface area contributed by atoms with E-state index in [9.17, 15) is 4.79 Å². The third kappa shape index (κ3) is 2.54. The Morgan fingerprint density at radius 3 is 2.69 bits per heavy atom. The minimum atomic E-state index is -0.102. The third-order valence-electron chi connectivity index (χ3n) is 5.71. The smallest absolute Gasteiger partial charge is 0.262 e. The van der Waals surface area contributed by atoms with Crippen molar-refractivity contribution < 1.29 is 4.74 Å². The molecule has 1 aliphatic heterocycles. The van der Waals surface area contributed by atoms with Crippen LogP contribution in [0.25, 0.3) is 11.0 Å². The fourth-order valence-electron chi connectivity index (χ4n) is 4.10. The van der Waals surface area contributed by atoms with E-state index in [4.69, 9.17) is 9.72 Å². The van der Waals surface area contributed by atoms with E-state index in [2.05, 4.69) is 21.1 Å². The van der Waals surface area contributed by atoms with Crippen LogP contribution < -0.4 is 5.56 Å². The maximum absolute atomic E-state index is 12.6. The van der Waals surface area contributed by atoms with Crippen LogP contribution in [0.1, 0.15) is 55.1 Å². The molecular weight excluding hydrogens is 330 g/mol. The van der Waals surface area contributed by atoms with Crippen LogP contribution in [0.3, 0.4) is 0 Å². The summed E-state index contributed by atoms with van der Waals surface area (Å²) in [5.41, 5.74) is 1.67. The van der Waals surface area contributed by atoms with Crippen molar-refractivity contribution >= 4 is 11.0 Å². The second-order valence-corrected chi connectivity index (χ2v) is 7.17. The number of nitrogens with zero attached hydrogens (tertiary/aromatic N) is 4. The molecule has 1 saturated carbocycles. The van der Waals surface area contributed by atoms with Gasteiger partial charge in [-0.15, -0.1) is 0 Å². The Morgan fingerprint density at radius 2 is 1.96 bits per heavy atom. The van der Waals surface area contributed by atoms with Crippen LogP contribution in [0.4, 0.5) is 0 Å². The fourth-order valence-corrected chi connectivity index (χ4v) is 4.10. The number of nitrogens with one attached hydrogen (secondary N) is 1. The van der Waals surface area contributed by atoms with E-state index in [1.807, 2.05) is 23.0 Å². The normalized spacial score (nSPS) is 23.8. The average molecular weight is 351 g/mol. The Balaban J connectivity index is 1.53. The highest BCUT2D eigenvalue weighted by Gasteiger charge is 2.36. The second kappa shape index (κ2) is 6.32. The van der Waals surface area contributed by atoms with Crippen LogP contribution in [0.5, 0.6) is 0 Å². The molecule has 7 heteroatoms. The Bertz CT molecular complexity index is 975. The largest absolute Gasteiger partial charge is 0.381 e. The van der Waals surface area contributed by atoms with Gasteiger partial charge in [-0.2, -0.15) is 5.10 Å². The number of hydrogen-bond donors (Lipinski definition) is 1. The highest BCUT2D eigenvalue weighted by Crippen LogP contribution is 2.47. The summed E-state index contributed by atoms with van der Waals surface area (Å²) in [4.78, 5) is 24.9. The van der Waals surface area contributed by atoms with Crippen molar-refractivity contribution in [1.82, 2.24) is 24.7 Å². The summed E-state index contributed by atoms with van der Waals surface area (Å²) in [7, 11) is 0. The van der Waals surface area contributed by atoms with E-state index in [0.717, 1.165) is 50.4 Å². The van der Waals surface area contributed by atoms with Crippen LogP contribution in [0.2, 0.25) is 0 Å². The zero-order chi connectivity index (χ0) is 17.5. The van der Waals surface area contributed by atoms with E-state index >= 15 is 0 Å². The van der Waals surface area contributed by atoms with Gasteiger partial charge in [0.1, 0.15) is 11.2 Å². The molecule has 2 aliphatic rings. The Hall–Kier alpha value is -2.54. The van der Waals surface area contributed by atoms with Crippen molar-refractivity contribution in [3.8, 4) is 0 Å². The first-order valence-corrected chi connectivity index (χ1v) is 9.27. The first-order valence-electron chi connectivity index (χ1n) is 9.27. The number of rotatable bonds is 3. The van der Waals surface area contributed by atoms with Crippen LogP contribution in [-0.2, 0) is 4.74 Å². The summed E-state index contributed by atoms with van der Waals surface area (Å²) in [6.45, 7) is 1.46. The monoisotopic (exact) mass is 351 g/mol. The van der Waals surface area contributed by atoms with E-state index in [0.29, 0.717) is 17.0 Å². The molecule has 2 atom stereocenters. The zero-order valence-corrected chi connectivity index (χ0v) is 14.5. The number of fused-ring (bicyclic) bond motifs is 1. The van der Waals surface area contributed by atoms with Gasteiger partial charge in [-0.1, -0.05) is 6.07 Å². The van der Waals surface area contributed by atoms with Crippen LogP contribution in [-0.4, -0.2) is 37.9 Å². The molecule has 26 heavy (non-hydrogen) atoms. The van der Waals surface area contributed by atoms with Crippen LogP contribution >= 0.6 is 0 Å². The van der Waals surface area contributed by atoms with Crippen molar-refractivity contribution in [3.63, 3.8) is 0 Å². The molecule has 7 nitrogen and oxygen atoms in total. The standard InChI is InChI=1S/C19H21N5O2/c25-19-15-11-21-24(12-6-9-26-10-7-12)18(15)22-17(23-19)14-5-4-13(14)16-3-1-2-8-20-16/h1-3,8,11-14H,4-7,9-10H2,(H,22,23,25)/t13-,14+/m0/s1. The SMILES string of the molecule is O=c1[nH]c([C@@H]2CC[C@@H]2c2ccccn2)nc2c1cnn2C1CCOCC1. The van der Waals surface area contributed by atoms with Crippen LogP contribution in [0.15, 0.2) is 35.4 Å². The third-order valence-corrected chi connectivity index (χ3v) is 5.71. The highest BCUT2D eigenvalue weighted by molar-refractivity contribution is 5.73. The van der Waals surface area contributed by atoms with Gasteiger partial charge in [0.2, 0.25) is 0 Å². The molecule has 3 aromatic rings. The lowest BCUT2D eigenvalue weighted by molar-refractivity contribution is 0.0673. The van der Waals surface area contributed by atoms with Crippen molar-refractivity contribution in [1.29, 1.82) is 0 Å². The topological polar surface area (TPSA) is 85.7 Å². The molecule has 0 radical (unpaired) electrons. The lowest BCUT2D eigenvalue weighted by atomic mass is 9.71. The van der Waals surface area contributed by atoms with Gasteiger partial charge in [0, 0.05) is 36.9 Å². The average Bonchev–Trinajstić information content (AvgIpc) is 3.07. The first kappa shape index (κ1) is 15.7. The number of aromatic amines is 1. The van der Waals surface area contributed by atoms with Crippen molar-refractivity contribution in [3.05, 3.63) is 52.5 Å². The van der Waals surface area contributed by atoms with Gasteiger partial charge in [0.15, 0.2) is 5.65 Å². The number of ether oxygens (including phenoxy) is 1. The van der Waals surface area contributed by atoms with Crippen molar-refractivity contribution in [2.24, 2.45) is 0 Å². The van der Waals surface area contributed by atoms with E-state index in [1.54, 1.807) is 6.20 Å². The number of aromatic nitrogens is 5. The van der Waals surface area contributed by atoms with Crippen LogP contribution in [0, 0.1) is 0 Å². The second-order valence-electron chi connectivity index (χ2n) is 7.17. The first-order chi connectivity index (χ1) is 12.8. The molecular formula is C19H21N5O2. The van der Waals surface area contributed by atoms with Crippen molar-refractivity contribution in [2.45, 2.75) is 43.6 Å². The summed E-state index contributed by atoms with van der Waals surface area (Å²) in [5.74, 6) is 1.29. The maximum Gasteiger partial charge on any atom is 0.262 e. The number of hydrogen-bond acceptors (Lipinski definition) is 5. The molecule has 1 aliphatic carbocycles. The van der Waals surface area contributed by atoms with Gasteiger partial charge >= 0.3 is 0 Å². The Labute approximate surface area is 150 Å². The summed E-state index contributed by atoms with van der Waals surface area (Å²) >= 11 is 0. The highest BCUT2D eigenvalue weighted by atomic mass is 16.5. The zero-order valence-electron chi connectivity index (χ0n) is 14.5. The molecule has 0 aromatic carbocycles. The molecule has 0 amide bonds. The Kier molecular flexibility index (Phi) is 3.81. The quantitative estimate of drug-likeness (QED) is 0.784. The molecule has 2 fully saturated rings. The number of pyridine rings is 1. The fraction of sp³-hybridized carbons (Fsp3) is 0.474. The summed E-state index contributed by atoms with van der Waals surface area (Å²) < 4.78 is 7.37. The van der Waals surface area contributed by atoms with E-state index in [-0.39, 0.29) is 17.5 Å². The minimum Gasteiger partial charge on any atom is -0.381 e. The lowest BCUT2D eigenvalue weighted by Gasteiger charge is -2.35. The van der Waals surface area contributed by atoms with Gasteiger partial charge in [0.05, 0.1) is 12.2 Å². The number of H-pyrrole nitrogens is 1. The summed E-state index contributed by atoms with van der Waals surface area (Å²) in [6.07, 6.45) is 7.35.